The molecule has 0 amide bonds. The van der Waals surface area contributed by atoms with Crippen molar-refractivity contribution in [1.29, 1.82) is 5.41 Å². The van der Waals surface area contributed by atoms with Crippen LogP contribution in [-0.2, 0) is 0 Å². The van der Waals surface area contributed by atoms with Gasteiger partial charge in [-0.2, -0.15) is 0 Å². The number of rotatable bonds is 4. The van der Waals surface area contributed by atoms with E-state index in [9.17, 15) is 9.50 Å². The normalized spacial score (nSPS) is 15.1. The van der Waals surface area contributed by atoms with Gasteiger partial charge in [0, 0.05) is 29.9 Å². The Hall–Kier alpha value is -4.13. The molecule has 0 aliphatic heterocycles. The zero-order chi connectivity index (χ0) is 20.2. The van der Waals surface area contributed by atoms with Crippen molar-refractivity contribution in [2.45, 2.75) is 0 Å². The lowest BCUT2D eigenvalue weighted by Crippen LogP contribution is -2.12. The van der Waals surface area contributed by atoms with Crippen LogP contribution in [0.1, 0.15) is 11.3 Å². The lowest BCUT2D eigenvalue weighted by atomic mass is 9.95. The topological polar surface area (TPSA) is 97.6 Å². The van der Waals surface area contributed by atoms with Gasteiger partial charge in [0.2, 0.25) is 5.95 Å². The van der Waals surface area contributed by atoms with Gasteiger partial charge in [-0.15, -0.1) is 0 Å². The molecule has 0 bridgehead atoms. The lowest BCUT2D eigenvalue weighted by Gasteiger charge is -2.20. The Morgan fingerprint density at radius 2 is 1.86 bits per heavy atom. The minimum Gasteiger partial charge on any atom is -0.872 e. The van der Waals surface area contributed by atoms with Crippen LogP contribution in [0, 0.1) is 11.2 Å². The van der Waals surface area contributed by atoms with Crippen molar-refractivity contribution in [1.82, 2.24) is 15.0 Å². The number of allylic oxidation sites excluding steroid dienone is 5. The fourth-order valence-electron chi connectivity index (χ4n) is 2.79. The van der Waals surface area contributed by atoms with Gasteiger partial charge in [-0.1, -0.05) is 17.9 Å². The number of pyridine rings is 1. The van der Waals surface area contributed by atoms with E-state index < -0.39 is 0 Å². The zero-order valence-corrected chi connectivity index (χ0v) is 15.1. The van der Waals surface area contributed by atoms with Gasteiger partial charge < -0.3 is 15.8 Å². The van der Waals surface area contributed by atoms with Crippen LogP contribution in [0.15, 0.2) is 84.9 Å². The molecule has 0 fully saturated rings. The summed E-state index contributed by atoms with van der Waals surface area (Å²) in [7, 11) is 0. The molecule has 1 aromatic carbocycles. The predicted octanol–water partition coefficient (Wildman–Crippen LogP) is 3.50. The molecule has 6 nitrogen and oxygen atoms in total. The second-order valence-electron chi connectivity index (χ2n) is 6.23. The number of nitrogens with zero attached hydrogens (tertiary/aromatic N) is 3. The molecule has 0 atom stereocenters. The van der Waals surface area contributed by atoms with Gasteiger partial charge in [0.1, 0.15) is 5.82 Å². The largest absolute Gasteiger partial charge is 0.872 e. The molecule has 4 rings (SSSR count). The second-order valence-corrected chi connectivity index (χ2v) is 6.23. The second kappa shape index (κ2) is 7.85. The molecule has 0 unspecified atom stereocenters. The summed E-state index contributed by atoms with van der Waals surface area (Å²) in [4.78, 5) is 12.6. The average molecular weight is 384 g/mol. The number of nitrogens with one attached hydrogen (secondary N) is 2. The number of hydrogen-bond acceptors (Lipinski definition) is 6. The maximum absolute atomic E-state index is 13.1. The Morgan fingerprint density at radius 1 is 1.03 bits per heavy atom. The Kier molecular flexibility index (Phi) is 4.94. The minimum atomic E-state index is -0.327. The molecule has 142 valence electrons. The molecular formula is C22H15FN5O-. The van der Waals surface area contributed by atoms with Crippen molar-refractivity contribution >= 4 is 28.7 Å². The number of hydrogen-bond donors (Lipinski definition) is 2. The SMILES string of the molecule is N=C1C=CC(c2ccnc(Nc3ccc(F)cc3)n2)=C/C1=C(/[O-])c1cccnc1. The summed E-state index contributed by atoms with van der Waals surface area (Å²) in [5.41, 5.74) is 2.73. The van der Waals surface area contributed by atoms with E-state index in [0.29, 0.717) is 28.5 Å². The Labute approximate surface area is 166 Å². The van der Waals surface area contributed by atoms with Crippen molar-refractivity contribution in [2.24, 2.45) is 0 Å². The van der Waals surface area contributed by atoms with Gasteiger partial charge in [-0.05, 0) is 59.7 Å². The summed E-state index contributed by atoms with van der Waals surface area (Å²) < 4.78 is 13.1. The predicted molar refractivity (Wildman–Crippen MR) is 108 cm³/mol. The van der Waals surface area contributed by atoms with Gasteiger partial charge in [0.05, 0.1) is 11.4 Å². The van der Waals surface area contributed by atoms with Crippen LogP contribution in [0.3, 0.4) is 0 Å². The molecule has 0 radical (unpaired) electrons. The molecule has 3 aromatic rings. The first-order valence-electron chi connectivity index (χ1n) is 8.76. The maximum atomic E-state index is 13.1. The van der Waals surface area contributed by atoms with Crippen LogP contribution in [0.2, 0.25) is 0 Å². The van der Waals surface area contributed by atoms with E-state index in [0.717, 1.165) is 0 Å². The van der Waals surface area contributed by atoms with Crippen LogP contribution >= 0.6 is 0 Å². The van der Waals surface area contributed by atoms with E-state index in [1.165, 1.54) is 18.3 Å². The average Bonchev–Trinajstić information content (AvgIpc) is 2.76. The molecule has 2 aromatic heterocycles. The lowest BCUT2D eigenvalue weighted by molar-refractivity contribution is -0.244. The molecular weight excluding hydrogens is 369 g/mol. The Bertz CT molecular complexity index is 1150. The Balaban J connectivity index is 1.66. The summed E-state index contributed by atoms with van der Waals surface area (Å²) in [6.45, 7) is 0. The third kappa shape index (κ3) is 4.08. The highest BCUT2D eigenvalue weighted by molar-refractivity contribution is 6.16. The summed E-state index contributed by atoms with van der Waals surface area (Å²) >= 11 is 0. The monoisotopic (exact) mass is 384 g/mol. The van der Waals surface area contributed by atoms with Crippen LogP contribution in [0.25, 0.3) is 11.3 Å². The summed E-state index contributed by atoms with van der Waals surface area (Å²) in [6.07, 6.45) is 9.59. The molecule has 1 aliphatic rings. The molecule has 1 aliphatic carbocycles. The highest BCUT2D eigenvalue weighted by Crippen LogP contribution is 2.26. The summed E-state index contributed by atoms with van der Waals surface area (Å²) in [5.74, 6) is -0.264. The Morgan fingerprint density at radius 3 is 2.62 bits per heavy atom. The number of anilines is 2. The summed E-state index contributed by atoms with van der Waals surface area (Å²) in [5, 5.41) is 23.9. The highest BCUT2D eigenvalue weighted by atomic mass is 19.1. The number of halogens is 1. The maximum Gasteiger partial charge on any atom is 0.227 e. The molecule has 29 heavy (non-hydrogen) atoms. The first-order valence-corrected chi connectivity index (χ1v) is 8.76. The molecule has 0 spiro atoms. The fourth-order valence-corrected chi connectivity index (χ4v) is 2.79. The van der Waals surface area contributed by atoms with Gasteiger partial charge in [0.15, 0.2) is 0 Å². The smallest absolute Gasteiger partial charge is 0.227 e. The van der Waals surface area contributed by atoms with Crippen molar-refractivity contribution < 1.29 is 9.50 Å². The van der Waals surface area contributed by atoms with Crippen LogP contribution in [-0.4, -0.2) is 20.7 Å². The van der Waals surface area contributed by atoms with Gasteiger partial charge in [0.25, 0.3) is 0 Å². The van der Waals surface area contributed by atoms with Crippen molar-refractivity contribution in [3.8, 4) is 0 Å². The van der Waals surface area contributed by atoms with E-state index in [-0.39, 0.29) is 22.9 Å². The standard InChI is InChI=1S/C22H16FN5O/c23-16-4-6-17(7-5-16)27-22-26-11-9-20(28-22)14-3-8-19(24)18(12-14)21(29)15-2-1-10-25-13-15/h1-13,24,29H,(H,26,27,28)/p-1/b21-18-,24-19?. The fraction of sp³-hybridized carbons (Fsp3) is 0. The van der Waals surface area contributed by atoms with Gasteiger partial charge in [-0.25, -0.2) is 14.4 Å². The first kappa shape index (κ1) is 18.2. The van der Waals surface area contributed by atoms with Crippen molar-refractivity contribution in [3.63, 3.8) is 0 Å². The van der Waals surface area contributed by atoms with E-state index in [4.69, 9.17) is 5.41 Å². The summed E-state index contributed by atoms with van der Waals surface area (Å²) in [6, 6.07) is 10.9. The van der Waals surface area contributed by atoms with Crippen LogP contribution in [0.5, 0.6) is 0 Å². The molecule has 2 N–H and O–H groups in total. The van der Waals surface area contributed by atoms with E-state index in [1.807, 2.05) is 0 Å². The molecule has 0 saturated heterocycles. The molecule has 7 heteroatoms. The van der Waals surface area contributed by atoms with Crippen LogP contribution in [0.4, 0.5) is 16.0 Å². The van der Waals surface area contributed by atoms with E-state index >= 15 is 0 Å². The van der Waals surface area contributed by atoms with Gasteiger partial charge >= 0.3 is 0 Å². The third-order valence-corrected chi connectivity index (χ3v) is 4.24. The minimum absolute atomic E-state index is 0.126. The quantitative estimate of drug-likeness (QED) is 0.671. The number of aromatic nitrogens is 3. The van der Waals surface area contributed by atoms with E-state index in [1.54, 1.807) is 61.0 Å². The first-order chi connectivity index (χ1) is 14.1. The van der Waals surface area contributed by atoms with Crippen LogP contribution < -0.4 is 10.4 Å². The van der Waals surface area contributed by atoms with Crippen molar-refractivity contribution in [2.75, 3.05) is 5.32 Å². The van der Waals surface area contributed by atoms with Gasteiger partial charge in [-0.3, -0.25) is 4.98 Å². The zero-order valence-electron chi connectivity index (χ0n) is 15.1. The highest BCUT2D eigenvalue weighted by Gasteiger charge is 2.12. The molecule has 0 saturated carbocycles. The number of benzene rings is 1. The van der Waals surface area contributed by atoms with Crippen molar-refractivity contribution in [3.05, 3.63) is 102 Å². The van der Waals surface area contributed by atoms with E-state index in [2.05, 4.69) is 20.3 Å². The third-order valence-electron chi connectivity index (χ3n) is 4.24. The molecule has 2 heterocycles.